The van der Waals surface area contributed by atoms with Crippen molar-refractivity contribution in [2.24, 2.45) is 11.8 Å². The molecular weight excluding hydrogens is 168 g/mol. The molecule has 1 heterocycles. The van der Waals surface area contributed by atoms with Gasteiger partial charge in [-0.2, -0.15) is 0 Å². The lowest BCUT2D eigenvalue weighted by atomic mass is 10.1. The number of hydrogen-bond acceptors (Lipinski definition) is 3. The van der Waals surface area contributed by atoms with Crippen LogP contribution in [-0.2, 0) is 9.47 Å². The molecule has 13 heavy (non-hydrogen) atoms. The summed E-state index contributed by atoms with van der Waals surface area (Å²) >= 11 is 0. The first-order chi connectivity index (χ1) is 6.22. The first-order valence-corrected chi connectivity index (χ1v) is 5.06. The van der Waals surface area contributed by atoms with E-state index in [0.29, 0.717) is 18.4 Å². The summed E-state index contributed by atoms with van der Waals surface area (Å²) in [5.74, 6) is 1.04. The van der Waals surface area contributed by atoms with Crippen LogP contribution in [0.5, 0.6) is 0 Å². The number of aliphatic hydroxyl groups excluding tert-OH is 1. The van der Waals surface area contributed by atoms with Gasteiger partial charge < -0.3 is 14.6 Å². The van der Waals surface area contributed by atoms with E-state index in [1.54, 1.807) is 0 Å². The SMILES string of the molecule is CC(CCO)COC1CC(C)CO1. The van der Waals surface area contributed by atoms with Gasteiger partial charge in [0.2, 0.25) is 0 Å². The molecule has 0 spiro atoms. The number of hydrogen-bond donors (Lipinski definition) is 1. The Bertz CT molecular complexity index is 138. The summed E-state index contributed by atoms with van der Waals surface area (Å²) < 4.78 is 11.0. The van der Waals surface area contributed by atoms with Crippen molar-refractivity contribution in [2.75, 3.05) is 19.8 Å². The quantitative estimate of drug-likeness (QED) is 0.709. The van der Waals surface area contributed by atoms with Crippen LogP contribution in [0.4, 0.5) is 0 Å². The van der Waals surface area contributed by atoms with E-state index in [0.717, 1.165) is 19.4 Å². The fraction of sp³-hybridized carbons (Fsp3) is 1.00. The highest BCUT2D eigenvalue weighted by Crippen LogP contribution is 2.20. The van der Waals surface area contributed by atoms with Gasteiger partial charge in [0.25, 0.3) is 0 Å². The zero-order chi connectivity index (χ0) is 9.68. The second-order valence-corrected chi connectivity index (χ2v) is 4.05. The summed E-state index contributed by atoms with van der Waals surface area (Å²) in [5, 5.41) is 8.68. The van der Waals surface area contributed by atoms with Crippen LogP contribution in [0, 0.1) is 11.8 Å². The highest BCUT2D eigenvalue weighted by molar-refractivity contribution is 4.63. The van der Waals surface area contributed by atoms with Gasteiger partial charge in [0, 0.05) is 13.0 Å². The number of ether oxygens (including phenoxy) is 2. The van der Waals surface area contributed by atoms with Crippen molar-refractivity contribution in [2.45, 2.75) is 33.0 Å². The van der Waals surface area contributed by atoms with Crippen LogP contribution in [0.2, 0.25) is 0 Å². The molecule has 1 N–H and O–H groups in total. The van der Waals surface area contributed by atoms with Crippen LogP contribution in [0.3, 0.4) is 0 Å². The van der Waals surface area contributed by atoms with Crippen molar-refractivity contribution in [3.63, 3.8) is 0 Å². The zero-order valence-corrected chi connectivity index (χ0v) is 8.53. The van der Waals surface area contributed by atoms with Crippen LogP contribution in [0.15, 0.2) is 0 Å². The third kappa shape index (κ3) is 4.07. The van der Waals surface area contributed by atoms with Crippen molar-refractivity contribution in [3.05, 3.63) is 0 Å². The van der Waals surface area contributed by atoms with Crippen molar-refractivity contribution in [1.82, 2.24) is 0 Å². The summed E-state index contributed by atoms with van der Waals surface area (Å²) in [6, 6.07) is 0. The Kier molecular flexibility index (Phi) is 4.70. The molecule has 0 amide bonds. The predicted octanol–water partition coefficient (Wildman–Crippen LogP) is 1.40. The molecule has 1 aliphatic heterocycles. The second-order valence-electron chi connectivity index (χ2n) is 4.05. The Balaban J connectivity index is 2.05. The van der Waals surface area contributed by atoms with Crippen LogP contribution in [0.25, 0.3) is 0 Å². The highest BCUT2D eigenvalue weighted by atomic mass is 16.7. The fourth-order valence-corrected chi connectivity index (χ4v) is 1.43. The van der Waals surface area contributed by atoms with Crippen molar-refractivity contribution < 1.29 is 14.6 Å². The Morgan fingerprint density at radius 2 is 2.38 bits per heavy atom. The van der Waals surface area contributed by atoms with E-state index in [-0.39, 0.29) is 12.9 Å². The molecule has 78 valence electrons. The molecule has 1 saturated heterocycles. The minimum absolute atomic E-state index is 0.00357. The molecule has 1 aliphatic rings. The average Bonchev–Trinajstić information content (AvgIpc) is 2.49. The van der Waals surface area contributed by atoms with E-state index in [4.69, 9.17) is 14.6 Å². The van der Waals surface area contributed by atoms with E-state index in [1.807, 2.05) is 0 Å². The molecule has 0 saturated carbocycles. The van der Waals surface area contributed by atoms with Gasteiger partial charge in [-0.3, -0.25) is 0 Å². The second kappa shape index (κ2) is 5.58. The predicted molar refractivity (Wildman–Crippen MR) is 50.3 cm³/mol. The van der Waals surface area contributed by atoms with Gasteiger partial charge in [0.05, 0.1) is 13.2 Å². The van der Waals surface area contributed by atoms with Gasteiger partial charge in [-0.15, -0.1) is 0 Å². The Hall–Kier alpha value is -0.120. The maximum Gasteiger partial charge on any atom is 0.157 e. The van der Waals surface area contributed by atoms with Crippen LogP contribution < -0.4 is 0 Å². The molecule has 0 aromatic heterocycles. The van der Waals surface area contributed by atoms with Crippen LogP contribution in [0.1, 0.15) is 26.7 Å². The Morgan fingerprint density at radius 1 is 1.62 bits per heavy atom. The topological polar surface area (TPSA) is 38.7 Å². The van der Waals surface area contributed by atoms with E-state index in [9.17, 15) is 0 Å². The Labute approximate surface area is 80.0 Å². The fourth-order valence-electron chi connectivity index (χ4n) is 1.43. The van der Waals surface area contributed by atoms with E-state index in [1.165, 1.54) is 0 Å². The molecule has 1 fully saturated rings. The lowest BCUT2D eigenvalue weighted by Gasteiger charge is -2.14. The average molecular weight is 188 g/mol. The lowest BCUT2D eigenvalue weighted by molar-refractivity contribution is -0.119. The largest absolute Gasteiger partial charge is 0.396 e. The van der Waals surface area contributed by atoms with Crippen molar-refractivity contribution in [1.29, 1.82) is 0 Å². The van der Waals surface area contributed by atoms with Crippen LogP contribution >= 0.6 is 0 Å². The smallest absolute Gasteiger partial charge is 0.157 e. The third-order valence-corrected chi connectivity index (χ3v) is 2.35. The van der Waals surface area contributed by atoms with E-state index in [2.05, 4.69) is 13.8 Å². The summed E-state index contributed by atoms with van der Waals surface area (Å²) in [5.41, 5.74) is 0. The number of rotatable bonds is 5. The lowest BCUT2D eigenvalue weighted by Crippen LogP contribution is -2.16. The van der Waals surface area contributed by atoms with Crippen molar-refractivity contribution in [3.8, 4) is 0 Å². The molecule has 0 radical (unpaired) electrons. The molecule has 3 nitrogen and oxygen atoms in total. The number of aliphatic hydroxyl groups is 1. The minimum Gasteiger partial charge on any atom is -0.396 e. The van der Waals surface area contributed by atoms with Gasteiger partial charge in [-0.05, 0) is 18.3 Å². The standard InChI is InChI=1S/C10H20O3/c1-8(3-4-11)6-12-10-5-9(2)7-13-10/h8-11H,3-7H2,1-2H3. The van der Waals surface area contributed by atoms with Gasteiger partial charge in [-0.25, -0.2) is 0 Å². The van der Waals surface area contributed by atoms with E-state index >= 15 is 0 Å². The van der Waals surface area contributed by atoms with Crippen molar-refractivity contribution >= 4 is 0 Å². The summed E-state index contributed by atoms with van der Waals surface area (Å²) in [4.78, 5) is 0. The molecule has 3 heteroatoms. The minimum atomic E-state index is -0.00357. The molecule has 3 unspecified atom stereocenters. The zero-order valence-electron chi connectivity index (χ0n) is 8.53. The van der Waals surface area contributed by atoms with Gasteiger partial charge >= 0.3 is 0 Å². The summed E-state index contributed by atoms with van der Waals surface area (Å²) in [7, 11) is 0. The van der Waals surface area contributed by atoms with Gasteiger partial charge in [0.1, 0.15) is 0 Å². The third-order valence-electron chi connectivity index (χ3n) is 2.35. The molecule has 0 bridgehead atoms. The molecule has 0 aromatic carbocycles. The van der Waals surface area contributed by atoms with Gasteiger partial charge in [-0.1, -0.05) is 13.8 Å². The monoisotopic (exact) mass is 188 g/mol. The molecule has 0 aliphatic carbocycles. The van der Waals surface area contributed by atoms with Crippen LogP contribution in [-0.4, -0.2) is 31.2 Å². The highest BCUT2D eigenvalue weighted by Gasteiger charge is 2.22. The van der Waals surface area contributed by atoms with Gasteiger partial charge in [0.15, 0.2) is 6.29 Å². The maximum absolute atomic E-state index is 8.68. The summed E-state index contributed by atoms with van der Waals surface area (Å²) in [6.45, 7) is 6.00. The molecular formula is C10H20O3. The first kappa shape index (κ1) is 11.0. The maximum atomic E-state index is 8.68. The first-order valence-electron chi connectivity index (χ1n) is 5.06. The summed E-state index contributed by atoms with van der Waals surface area (Å²) in [6.07, 6.45) is 1.81. The van der Waals surface area contributed by atoms with E-state index < -0.39 is 0 Å². The molecule has 3 atom stereocenters. The molecule has 1 rings (SSSR count). The molecule has 0 aromatic rings. The Morgan fingerprint density at radius 3 is 2.92 bits per heavy atom. The normalized spacial score (nSPS) is 30.7.